The van der Waals surface area contributed by atoms with Crippen LogP contribution in [0.15, 0.2) is 18.5 Å². The van der Waals surface area contributed by atoms with Crippen molar-refractivity contribution in [1.29, 1.82) is 0 Å². The van der Waals surface area contributed by atoms with Gasteiger partial charge in [-0.3, -0.25) is 0 Å². The summed E-state index contributed by atoms with van der Waals surface area (Å²) in [6.45, 7) is 12.2. The molecule has 0 bridgehead atoms. The van der Waals surface area contributed by atoms with Gasteiger partial charge in [0, 0.05) is 6.61 Å². The number of nitrogens with two attached hydrogens (primary N) is 1. The molecule has 2 aromatic heterocycles. The van der Waals surface area contributed by atoms with Gasteiger partial charge in [0.05, 0.1) is 12.4 Å². The lowest BCUT2D eigenvalue weighted by atomic mass is 9.91. The second-order valence-electron chi connectivity index (χ2n) is 8.60. The number of halogens is 1. The number of rotatable bonds is 4. The minimum absolute atomic E-state index is 0.168. The summed E-state index contributed by atoms with van der Waals surface area (Å²) in [5.41, 5.74) is 7.04. The van der Waals surface area contributed by atoms with Crippen molar-refractivity contribution in [1.82, 2.24) is 19.5 Å². The van der Waals surface area contributed by atoms with Crippen LogP contribution in [0.2, 0.25) is 23.3 Å². The van der Waals surface area contributed by atoms with Crippen LogP contribution in [-0.4, -0.2) is 34.4 Å². The number of imidazole rings is 1. The molecule has 0 aliphatic heterocycles. The van der Waals surface area contributed by atoms with Crippen LogP contribution in [0, 0.1) is 5.92 Å². The molecule has 6 nitrogen and oxygen atoms in total. The fraction of sp³-hybridized carbons (Fsp3) is 0.611. The third kappa shape index (κ3) is 3.79. The molecule has 142 valence electrons. The summed E-state index contributed by atoms with van der Waals surface area (Å²) < 4.78 is 8.47. The Kier molecular flexibility index (Phi) is 5.16. The van der Waals surface area contributed by atoms with E-state index in [1.54, 1.807) is 6.33 Å². The Hall–Kier alpha value is -1.44. The zero-order chi connectivity index (χ0) is 19.1. The van der Waals surface area contributed by atoms with Gasteiger partial charge in [-0.05, 0) is 36.9 Å². The molecule has 2 heterocycles. The number of nitrogen functional groups attached to an aromatic ring is 1. The lowest BCUT2D eigenvalue weighted by Crippen LogP contribution is -2.42. The highest BCUT2D eigenvalue weighted by atomic mass is 35.5. The van der Waals surface area contributed by atoms with Crippen LogP contribution in [0.1, 0.15) is 39.7 Å². The lowest BCUT2D eigenvalue weighted by molar-refractivity contribution is 0.207. The van der Waals surface area contributed by atoms with E-state index in [4.69, 9.17) is 21.8 Å². The van der Waals surface area contributed by atoms with Crippen LogP contribution in [0.4, 0.5) is 5.95 Å². The molecule has 0 unspecified atom stereocenters. The van der Waals surface area contributed by atoms with E-state index in [9.17, 15) is 0 Å². The van der Waals surface area contributed by atoms with Crippen LogP contribution in [0.3, 0.4) is 0 Å². The van der Waals surface area contributed by atoms with Crippen LogP contribution in [0.25, 0.3) is 11.2 Å². The molecule has 0 aromatic carbocycles. The molecule has 2 N–H and O–H groups in total. The van der Waals surface area contributed by atoms with E-state index in [0.29, 0.717) is 22.2 Å². The first-order valence-electron chi connectivity index (χ1n) is 9.04. The molecule has 0 saturated carbocycles. The van der Waals surface area contributed by atoms with Crippen molar-refractivity contribution in [2.75, 3.05) is 12.3 Å². The van der Waals surface area contributed by atoms with Crippen molar-refractivity contribution >= 4 is 37.0 Å². The molecule has 1 aliphatic carbocycles. The minimum Gasteiger partial charge on any atom is -0.417 e. The van der Waals surface area contributed by atoms with Crippen LogP contribution in [0.5, 0.6) is 0 Å². The van der Waals surface area contributed by atoms with Gasteiger partial charge in [-0.1, -0.05) is 44.5 Å². The van der Waals surface area contributed by atoms with Crippen LogP contribution < -0.4 is 5.73 Å². The maximum absolute atomic E-state index is 6.44. The fourth-order valence-electron chi connectivity index (χ4n) is 2.97. The van der Waals surface area contributed by atoms with E-state index in [1.807, 2.05) is 4.57 Å². The van der Waals surface area contributed by atoms with Crippen LogP contribution >= 0.6 is 11.6 Å². The number of hydrogen-bond acceptors (Lipinski definition) is 5. The quantitative estimate of drug-likeness (QED) is 0.466. The molecular formula is C18H28ClN5OSi. The van der Waals surface area contributed by atoms with Crippen molar-refractivity contribution in [3.8, 4) is 0 Å². The van der Waals surface area contributed by atoms with Crippen molar-refractivity contribution in [2.45, 2.75) is 57.8 Å². The second-order valence-corrected chi connectivity index (χ2v) is 13.8. The maximum atomic E-state index is 6.44. The van der Waals surface area contributed by atoms with E-state index in [-0.39, 0.29) is 17.0 Å². The Morgan fingerprint density at radius 3 is 2.77 bits per heavy atom. The Morgan fingerprint density at radius 1 is 1.35 bits per heavy atom. The second kappa shape index (κ2) is 6.94. The standard InChI is InChI=1S/C18H28ClN5OSi/c1-18(2,3)26(4,5)25-10-12-7-6-8-13(9-12)24-11-21-14-15(19)22-17(20)23-16(14)24/h6,8,11-13H,7,9-10H2,1-5H3,(H2,20,22,23)/t12-,13+/m1/s1. The number of allylic oxidation sites excluding steroid dienone is 2. The highest BCUT2D eigenvalue weighted by Crippen LogP contribution is 2.38. The SMILES string of the molecule is CC(C)(C)[Si](C)(C)OC[C@@H]1CC=C[C@H](n2cnc3c(Cl)nc(N)nc32)C1. The van der Waals surface area contributed by atoms with Crippen molar-refractivity contribution in [3.63, 3.8) is 0 Å². The lowest BCUT2D eigenvalue weighted by Gasteiger charge is -2.38. The first-order valence-corrected chi connectivity index (χ1v) is 12.3. The fourth-order valence-corrected chi connectivity index (χ4v) is 4.28. The zero-order valence-corrected chi connectivity index (χ0v) is 17.9. The number of nitrogens with zero attached hydrogens (tertiary/aromatic N) is 4. The predicted octanol–water partition coefficient (Wildman–Crippen LogP) is 4.59. The number of hydrogen-bond donors (Lipinski definition) is 1. The van der Waals surface area contributed by atoms with Gasteiger partial charge >= 0.3 is 0 Å². The molecule has 8 heteroatoms. The maximum Gasteiger partial charge on any atom is 0.223 e. The van der Waals surface area contributed by atoms with Gasteiger partial charge in [-0.2, -0.15) is 9.97 Å². The minimum atomic E-state index is -1.73. The summed E-state index contributed by atoms with van der Waals surface area (Å²) in [5, 5.41) is 0.520. The Balaban J connectivity index is 1.76. The highest BCUT2D eigenvalue weighted by Gasteiger charge is 2.37. The normalized spacial score (nSPS) is 21.5. The van der Waals surface area contributed by atoms with E-state index >= 15 is 0 Å². The van der Waals surface area contributed by atoms with Gasteiger partial charge in [-0.15, -0.1) is 0 Å². The third-order valence-corrected chi connectivity index (χ3v) is 10.4. The summed E-state index contributed by atoms with van der Waals surface area (Å²) >= 11 is 6.15. The number of aromatic nitrogens is 4. The van der Waals surface area contributed by atoms with Gasteiger partial charge in [0.25, 0.3) is 0 Å². The van der Waals surface area contributed by atoms with Crippen molar-refractivity contribution in [2.24, 2.45) is 5.92 Å². The molecule has 2 atom stereocenters. The zero-order valence-electron chi connectivity index (χ0n) is 16.2. The number of fused-ring (bicyclic) bond motifs is 1. The van der Waals surface area contributed by atoms with Gasteiger partial charge in [-0.25, -0.2) is 4.98 Å². The first-order chi connectivity index (χ1) is 12.1. The summed E-state index contributed by atoms with van der Waals surface area (Å²) in [5.74, 6) is 0.646. The molecule has 3 rings (SSSR count). The van der Waals surface area contributed by atoms with Gasteiger partial charge in [0.2, 0.25) is 5.95 Å². The summed E-state index contributed by atoms with van der Waals surface area (Å²) in [4.78, 5) is 12.7. The smallest absolute Gasteiger partial charge is 0.223 e. The van der Waals surface area contributed by atoms with Crippen molar-refractivity contribution in [3.05, 3.63) is 23.6 Å². The van der Waals surface area contributed by atoms with E-state index in [1.165, 1.54) is 0 Å². The van der Waals surface area contributed by atoms with E-state index in [2.05, 4.69) is 61.0 Å². The van der Waals surface area contributed by atoms with E-state index in [0.717, 1.165) is 19.4 Å². The average Bonchev–Trinajstić information content (AvgIpc) is 2.96. The molecule has 0 fully saturated rings. The van der Waals surface area contributed by atoms with E-state index < -0.39 is 8.32 Å². The highest BCUT2D eigenvalue weighted by molar-refractivity contribution is 6.74. The average molecular weight is 394 g/mol. The molecule has 0 radical (unpaired) electrons. The molecule has 0 saturated heterocycles. The largest absolute Gasteiger partial charge is 0.417 e. The Morgan fingerprint density at radius 2 is 2.08 bits per heavy atom. The number of anilines is 1. The Bertz CT molecular complexity index is 827. The molecule has 0 spiro atoms. The van der Waals surface area contributed by atoms with Crippen molar-refractivity contribution < 1.29 is 4.43 Å². The van der Waals surface area contributed by atoms with Gasteiger partial charge in [0.1, 0.15) is 5.52 Å². The molecular weight excluding hydrogens is 366 g/mol. The topological polar surface area (TPSA) is 78.8 Å². The van der Waals surface area contributed by atoms with Crippen LogP contribution in [-0.2, 0) is 4.43 Å². The van der Waals surface area contributed by atoms with Gasteiger partial charge < -0.3 is 14.7 Å². The monoisotopic (exact) mass is 393 g/mol. The third-order valence-electron chi connectivity index (χ3n) is 5.64. The Labute approximate surface area is 161 Å². The molecule has 26 heavy (non-hydrogen) atoms. The summed E-state index contributed by atoms with van der Waals surface area (Å²) in [6.07, 6.45) is 8.23. The molecule has 0 amide bonds. The molecule has 1 aliphatic rings. The summed E-state index contributed by atoms with van der Waals surface area (Å²) in [7, 11) is -1.73. The predicted molar refractivity (Wildman–Crippen MR) is 109 cm³/mol. The summed E-state index contributed by atoms with van der Waals surface area (Å²) in [6, 6.07) is 0.173. The first kappa shape index (κ1) is 19.3. The molecule has 2 aromatic rings. The van der Waals surface area contributed by atoms with Gasteiger partial charge in [0.15, 0.2) is 19.1 Å².